The average Bonchev–Trinajstić information content (AvgIpc) is 2.64. The van der Waals surface area contributed by atoms with Gasteiger partial charge < -0.3 is 9.47 Å². The molecule has 0 fully saturated rings. The van der Waals surface area contributed by atoms with Crippen molar-refractivity contribution in [2.45, 2.75) is 33.3 Å². The van der Waals surface area contributed by atoms with Crippen LogP contribution >= 0.6 is 0 Å². The van der Waals surface area contributed by atoms with E-state index in [1.54, 1.807) is 24.3 Å². The monoisotopic (exact) mass is 356 g/mol. The highest BCUT2D eigenvalue weighted by molar-refractivity contribution is 5.97. The lowest BCUT2D eigenvalue weighted by Gasteiger charge is -2.14. The Hall–Kier alpha value is -3.02. The first-order chi connectivity index (χ1) is 12.5. The number of hydrogen-bond donors (Lipinski definition) is 2. The number of para-hydroxylation sites is 1. The summed E-state index contributed by atoms with van der Waals surface area (Å²) >= 11 is 0. The Morgan fingerprint density at radius 2 is 1.69 bits per heavy atom. The molecule has 0 unspecified atom stereocenters. The van der Waals surface area contributed by atoms with Gasteiger partial charge in [-0.15, -0.1) is 0 Å². The number of hydrogen-bond acceptors (Lipinski definition) is 4. The molecule has 6 nitrogen and oxygen atoms in total. The minimum absolute atomic E-state index is 0.0639. The Bertz CT molecular complexity index is 742. The van der Waals surface area contributed by atoms with E-state index in [4.69, 9.17) is 9.47 Å². The van der Waals surface area contributed by atoms with Crippen LogP contribution in [0.2, 0.25) is 0 Å². The van der Waals surface area contributed by atoms with E-state index in [0.717, 1.165) is 6.42 Å². The zero-order chi connectivity index (χ0) is 18.9. The van der Waals surface area contributed by atoms with Gasteiger partial charge in [0.1, 0.15) is 11.5 Å². The Kier molecular flexibility index (Phi) is 7.02. The molecule has 0 saturated heterocycles. The third-order valence-electron chi connectivity index (χ3n) is 3.51. The Morgan fingerprint density at radius 3 is 2.35 bits per heavy atom. The van der Waals surface area contributed by atoms with Crippen LogP contribution in [0.3, 0.4) is 0 Å². The van der Waals surface area contributed by atoms with Crippen LogP contribution in [0.15, 0.2) is 48.5 Å². The molecule has 0 aliphatic rings. The normalized spacial score (nSPS) is 10.3. The maximum absolute atomic E-state index is 12.2. The number of carbonyl (C=O) groups excluding carboxylic acids is 2. The zero-order valence-corrected chi connectivity index (χ0v) is 15.2. The van der Waals surface area contributed by atoms with Crippen LogP contribution in [0.5, 0.6) is 11.5 Å². The van der Waals surface area contributed by atoms with Gasteiger partial charge in [0.15, 0.2) is 6.61 Å². The molecule has 138 valence electrons. The number of hydrazine groups is 1. The van der Waals surface area contributed by atoms with Crippen LogP contribution in [0.4, 0.5) is 0 Å². The lowest BCUT2D eigenvalue weighted by atomic mass is 10.2. The molecule has 2 N–H and O–H groups in total. The van der Waals surface area contributed by atoms with Crippen molar-refractivity contribution in [1.82, 2.24) is 10.9 Å². The summed E-state index contributed by atoms with van der Waals surface area (Å²) in [6.07, 6.45) is 0.875. The molecule has 0 spiro atoms. The molecule has 0 radical (unpaired) electrons. The van der Waals surface area contributed by atoms with Crippen LogP contribution in [0.25, 0.3) is 0 Å². The van der Waals surface area contributed by atoms with E-state index in [2.05, 4.69) is 17.8 Å². The number of carbonyl (C=O) groups is 2. The maximum atomic E-state index is 12.2. The Labute approximate surface area is 153 Å². The van der Waals surface area contributed by atoms with E-state index in [1.807, 2.05) is 38.1 Å². The Morgan fingerprint density at radius 1 is 1.00 bits per heavy atom. The Balaban J connectivity index is 1.84. The molecule has 2 amide bonds. The van der Waals surface area contributed by atoms with Crippen LogP contribution in [0.1, 0.15) is 36.7 Å². The average molecular weight is 356 g/mol. The number of benzene rings is 2. The highest BCUT2D eigenvalue weighted by Crippen LogP contribution is 2.19. The zero-order valence-electron chi connectivity index (χ0n) is 15.2. The summed E-state index contributed by atoms with van der Waals surface area (Å²) in [5.74, 6) is 0.142. The first-order valence-electron chi connectivity index (χ1n) is 8.56. The van der Waals surface area contributed by atoms with Gasteiger partial charge in [-0.05, 0) is 50.1 Å². The fourth-order valence-corrected chi connectivity index (χ4v) is 2.21. The molecule has 2 aromatic carbocycles. The van der Waals surface area contributed by atoms with Crippen LogP contribution in [-0.2, 0) is 11.2 Å². The van der Waals surface area contributed by atoms with E-state index >= 15 is 0 Å². The van der Waals surface area contributed by atoms with Gasteiger partial charge in [0, 0.05) is 0 Å². The van der Waals surface area contributed by atoms with Crippen LogP contribution < -0.4 is 20.3 Å². The van der Waals surface area contributed by atoms with Gasteiger partial charge in [-0.3, -0.25) is 20.4 Å². The van der Waals surface area contributed by atoms with Crippen molar-refractivity contribution in [2.24, 2.45) is 0 Å². The quantitative estimate of drug-likeness (QED) is 0.748. The topological polar surface area (TPSA) is 76.7 Å². The second-order valence-corrected chi connectivity index (χ2v) is 5.95. The van der Waals surface area contributed by atoms with Crippen molar-refractivity contribution in [1.29, 1.82) is 0 Å². The number of rotatable bonds is 7. The van der Waals surface area contributed by atoms with Gasteiger partial charge in [-0.1, -0.05) is 31.2 Å². The van der Waals surface area contributed by atoms with Crippen molar-refractivity contribution >= 4 is 11.8 Å². The smallest absolute Gasteiger partial charge is 0.276 e. The fraction of sp³-hybridized carbons (Fsp3) is 0.300. The van der Waals surface area contributed by atoms with Gasteiger partial charge in [-0.2, -0.15) is 0 Å². The second-order valence-electron chi connectivity index (χ2n) is 5.95. The summed E-state index contributed by atoms with van der Waals surface area (Å²) in [4.78, 5) is 24.1. The molecule has 0 aromatic heterocycles. The van der Waals surface area contributed by atoms with Gasteiger partial charge in [0.05, 0.1) is 11.7 Å². The van der Waals surface area contributed by atoms with Gasteiger partial charge >= 0.3 is 0 Å². The molecule has 0 aliphatic carbocycles. The van der Waals surface area contributed by atoms with Gasteiger partial charge in [-0.25, -0.2) is 0 Å². The molecule has 0 atom stereocenters. The molecule has 0 aliphatic heterocycles. The molecule has 2 rings (SSSR count). The number of amides is 2. The number of ether oxygens (including phenoxy) is 2. The molecule has 2 aromatic rings. The van der Waals surface area contributed by atoms with E-state index in [-0.39, 0.29) is 12.7 Å². The predicted octanol–water partition coefficient (Wildman–Crippen LogP) is 2.88. The van der Waals surface area contributed by atoms with Crippen molar-refractivity contribution < 1.29 is 19.1 Å². The number of nitrogens with one attached hydrogen (secondary N) is 2. The molecule has 6 heteroatoms. The molecule has 0 bridgehead atoms. The third kappa shape index (κ3) is 5.81. The van der Waals surface area contributed by atoms with Crippen molar-refractivity contribution in [3.05, 3.63) is 59.7 Å². The molecular weight excluding hydrogens is 332 g/mol. The molecule has 0 heterocycles. The van der Waals surface area contributed by atoms with Crippen molar-refractivity contribution in [2.75, 3.05) is 6.61 Å². The lowest BCUT2D eigenvalue weighted by Crippen LogP contribution is -2.44. The summed E-state index contributed by atoms with van der Waals surface area (Å²) in [7, 11) is 0. The van der Waals surface area contributed by atoms with Gasteiger partial charge in [0.25, 0.3) is 11.8 Å². The second kappa shape index (κ2) is 9.46. The summed E-state index contributed by atoms with van der Waals surface area (Å²) in [6.45, 7) is 5.62. The fourth-order valence-electron chi connectivity index (χ4n) is 2.21. The molecule has 26 heavy (non-hydrogen) atoms. The first kappa shape index (κ1) is 19.3. The number of aryl methyl sites for hydroxylation is 1. The van der Waals surface area contributed by atoms with Crippen LogP contribution in [-0.4, -0.2) is 24.5 Å². The minimum atomic E-state index is -0.458. The highest BCUT2D eigenvalue weighted by atomic mass is 16.5. The van der Waals surface area contributed by atoms with Crippen molar-refractivity contribution in [3.63, 3.8) is 0 Å². The first-order valence-corrected chi connectivity index (χ1v) is 8.56. The van der Waals surface area contributed by atoms with E-state index < -0.39 is 11.8 Å². The van der Waals surface area contributed by atoms with E-state index in [0.29, 0.717) is 17.1 Å². The summed E-state index contributed by atoms with van der Waals surface area (Å²) < 4.78 is 11.0. The predicted molar refractivity (Wildman–Crippen MR) is 99.1 cm³/mol. The van der Waals surface area contributed by atoms with Crippen LogP contribution in [0, 0.1) is 0 Å². The third-order valence-corrected chi connectivity index (χ3v) is 3.51. The molecular formula is C20H24N2O4. The largest absolute Gasteiger partial charge is 0.490 e. The summed E-state index contributed by atoms with van der Waals surface area (Å²) in [5.41, 5.74) is 6.24. The van der Waals surface area contributed by atoms with E-state index in [9.17, 15) is 9.59 Å². The van der Waals surface area contributed by atoms with Gasteiger partial charge in [0.2, 0.25) is 0 Å². The maximum Gasteiger partial charge on any atom is 0.276 e. The summed E-state index contributed by atoms with van der Waals surface area (Å²) in [6, 6.07) is 14.4. The summed E-state index contributed by atoms with van der Waals surface area (Å²) in [5, 5.41) is 0. The minimum Gasteiger partial charge on any atom is -0.490 e. The van der Waals surface area contributed by atoms with Crippen molar-refractivity contribution in [3.8, 4) is 11.5 Å². The molecule has 0 saturated carbocycles. The van der Waals surface area contributed by atoms with E-state index in [1.165, 1.54) is 5.56 Å². The SMILES string of the molecule is CCc1ccc(OCC(=O)NNC(=O)c2ccccc2OC(C)C)cc1. The highest BCUT2D eigenvalue weighted by Gasteiger charge is 2.14. The lowest BCUT2D eigenvalue weighted by molar-refractivity contribution is -0.123. The standard InChI is InChI=1S/C20H24N2O4/c1-4-15-9-11-16(12-10-15)25-13-19(23)21-22-20(24)17-7-5-6-8-18(17)26-14(2)3/h5-12,14H,4,13H2,1-3H3,(H,21,23)(H,22,24).